The highest BCUT2D eigenvalue weighted by molar-refractivity contribution is 6.98. The number of para-hydroxylation sites is 2. The molecule has 230 valence electrons. The van der Waals surface area contributed by atoms with Crippen molar-refractivity contribution in [3.05, 3.63) is 169 Å². The van der Waals surface area contributed by atoms with Crippen molar-refractivity contribution in [1.82, 2.24) is 0 Å². The van der Waals surface area contributed by atoms with E-state index in [-0.39, 0.29) is 6.71 Å². The molecular weight excluding hydrogens is 597 g/mol. The summed E-state index contributed by atoms with van der Waals surface area (Å²) in [4.78, 5) is 2.40. The molecule has 0 amide bonds. The smallest absolute Gasteiger partial charge is 0.260 e. The molecule has 0 bridgehead atoms. The van der Waals surface area contributed by atoms with Crippen LogP contribution < -0.4 is 30.8 Å². The van der Waals surface area contributed by atoms with Crippen molar-refractivity contribution >= 4 is 61.7 Å². The Morgan fingerprint density at radius 1 is 0.449 bits per heavy atom. The van der Waals surface area contributed by atoms with Gasteiger partial charge in [-0.05, 0) is 63.8 Å². The van der Waals surface area contributed by atoms with Gasteiger partial charge in [0.1, 0.15) is 23.0 Å². The van der Waals surface area contributed by atoms with Gasteiger partial charge in [0, 0.05) is 34.2 Å². The highest BCUT2D eigenvalue weighted by Crippen LogP contribution is 2.50. The molecule has 0 aliphatic carbocycles. The second-order valence-corrected chi connectivity index (χ2v) is 12.9. The van der Waals surface area contributed by atoms with E-state index in [9.17, 15) is 0 Å². The summed E-state index contributed by atoms with van der Waals surface area (Å²) in [6.45, 7) is 2.15. The number of benzene rings is 8. The molecule has 8 aromatic carbocycles. The average molecular weight is 628 g/mol. The van der Waals surface area contributed by atoms with E-state index in [0.717, 1.165) is 62.0 Å². The molecule has 49 heavy (non-hydrogen) atoms. The van der Waals surface area contributed by atoms with E-state index >= 15 is 0 Å². The summed E-state index contributed by atoms with van der Waals surface area (Å²) in [5.74, 6) is 3.38. The first kappa shape index (κ1) is 27.8. The van der Waals surface area contributed by atoms with Crippen LogP contribution in [0.25, 0.3) is 32.7 Å². The number of rotatable bonds is 4. The zero-order chi connectivity index (χ0) is 32.5. The molecule has 4 heteroatoms. The molecule has 0 saturated heterocycles. The van der Waals surface area contributed by atoms with Gasteiger partial charge in [0.25, 0.3) is 6.71 Å². The predicted octanol–water partition coefficient (Wildman–Crippen LogP) is 10.2. The van der Waals surface area contributed by atoms with Crippen LogP contribution in [-0.4, -0.2) is 6.71 Å². The van der Waals surface area contributed by atoms with Crippen molar-refractivity contribution in [1.29, 1.82) is 0 Å². The summed E-state index contributed by atoms with van der Waals surface area (Å²) in [6, 6.07) is 58.3. The van der Waals surface area contributed by atoms with Gasteiger partial charge in [-0.1, -0.05) is 133 Å². The standard InChI is InChI=1S/C45H30BNO2/c1-29-23-25-31(26-24-29)47(45-36-18-8-6-16-34(36)33-15-5-7-17-35(33)43(45)30-13-3-2-4-14-30)32-27-41-44-42(28-32)49-40-22-12-10-20-38(40)46(44)37-19-9-11-21-39(37)48-41/h2-28H,1H3. The fourth-order valence-electron chi connectivity index (χ4n) is 7.86. The summed E-state index contributed by atoms with van der Waals surface area (Å²) in [5, 5.41) is 4.81. The Morgan fingerprint density at radius 3 is 1.59 bits per heavy atom. The van der Waals surface area contributed by atoms with Gasteiger partial charge in [-0.15, -0.1) is 0 Å². The quantitative estimate of drug-likeness (QED) is 0.143. The topological polar surface area (TPSA) is 21.7 Å². The first-order valence-electron chi connectivity index (χ1n) is 16.8. The largest absolute Gasteiger partial charge is 0.458 e. The van der Waals surface area contributed by atoms with Gasteiger partial charge >= 0.3 is 0 Å². The first-order valence-corrected chi connectivity index (χ1v) is 16.8. The minimum Gasteiger partial charge on any atom is -0.458 e. The monoisotopic (exact) mass is 627 g/mol. The number of aryl methyl sites for hydroxylation is 1. The summed E-state index contributed by atoms with van der Waals surface area (Å²) < 4.78 is 13.6. The van der Waals surface area contributed by atoms with Crippen LogP contribution >= 0.6 is 0 Å². The minimum absolute atomic E-state index is 0.0168. The molecule has 0 radical (unpaired) electrons. The molecule has 0 unspecified atom stereocenters. The molecule has 10 rings (SSSR count). The van der Waals surface area contributed by atoms with Gasteiger partial charge in [-0.25, -0.2) is 0 Å². The molecule has 2 aliphatic rings. The van der Waals surface area contributed by atoms with E-state index in [1.807, 2.05) is 12.1 Å². The highest BCUT2D eigenvalue weighted by atomic mass is 16.5. The molecule has 3 nitrogen and oxygen atoms in total. The lowest BCUT2D eigenvalue weighted by molar-refractivity contribution is 0.465. The zero-order valence-electron chi connectivity index (χ0n) is 26.9. The molecule has 0 fully saturated rings. The molecule has 0 aromatic heterocycles. The zero-order valence-corrected chi connectivity index (χ0v) is 26.9. The molecule has 0 atom stereocenters. The number of hydrogen-bond acceptors (Lipinski definition) is 3. The third-order valence-corrected chi connectivity index (χ3v) is 10.0. The van der Waals surface area contributed by atoms with Crippen LogP contribution in [0.2, 0.25) is 0 Å². The third kappa shape index (κ3) is 4.31. The van der Waals surface area contributed by atoms with Crippen molar-refractivity contribution in [3.8, 4) is 34.1 Å². The van der Waals surface area contributed by atoms with Crippen molar-refractivity contribution in [2.45, 2.75) is 6.92 Å². The Hall–Kier alpha value is -6.26. The maximum atomic E-state index is 6.79. The first-order chi connectivity index (χ1) is 24.2. The van der Waals surface area contributed by atoms with E-state index in [4.69, 9.17) is 9.47 Å². The lowest BCUT2D eigenvalue weighted by Crippen LogP contribution is -2.57. The molecule has 0 spiro atoms. The van der Waals surface area contributed by atoms with Crippen LogP contribution in [0.5, 0.6) is 23.0 Å². The summed E-state index contributed by atoms with van der Waals surface area (Å²) in [6.07, 6.45) is 0. The van der Waals surface area contributed by atoms with E-state index in [1.54, 1.807) is 0 Å². The Kier molecular flexibility index (Phi) is 6.19. The Bertz CT molecular complexity index is 2510. The molecular formula is C45H30BNO2. The lowest BCUT2D eigenvalue weighted by atomic mass is 9.35. The molecule has 8 aromatic rings. The number of hydrogen-bond donors (Lipinski definition) is 0. The second-order valence-electron chi connectivity index (χ2n) is 12.9. The van der Waals surface area contributed by atoms with Crippen molar-refractivity contribution in [2.75, 3.05) is 4.90 Å². The number of nitrogens with zero attached hydrogens (tertiary/aromatic N) is 1. The summed E-state index contributed by atoms with van der Waals surface area (Å²) in [7, 11) is 0. The normalized spacial score (nSPS) is 12.5. The van der Waals surface area contributed by atoms with E-state index < -0.39 is 0 Å². The van der Waals surface area contributed by atoms with Crippen molar-refractivity contribution in [3.63, 3.8) is 0 Å². The second kappa shape index (κ2) is 10.9. The van der Waals surface area contributed by atoms with Gasteiger partial charge < -0.3 is 14.4 Å². The van der Waals surface area contributed by atoms with Crippen LogP contribution in [0.4, 0.5) is 17.1 Å². The maximum Gasteiger partial charge on any atom is 0.260 e. The number of anilines is 3. The van der Waals surface area contributed by atoms with Gasteiger partial charge in [-0.2, -0.15) is 0 Å². The van der Waals surface area contributed by atoms with Gasteiger partial charge in [0.2, 0.25) is 0 Å². The average Bonchev–Trinajstić information content (AvgIpc) is 3.16. The fourth-order valence-corrected chi connectivity index (χ4v) is 7.86. The summed E-state index contributed by atoms with van der Waals surface area (Å²) in [5.41, 5.74) is 10.1. The molecule has 2 aliphatic heterocycles. The van der Waals surface area contributed by atoms with E-state index in [2.05, 4.69) is 163 Å². The summed E-state index contributed by atoms with van der Waals surface area (Å²) >= 11 is 0. The molecule has 0 saturated carbocycles. The van der Waals surface area contributed by atoms with E-state index in [1.165, 1.54) is 32.7 Å². The van der Waals surface area contributed by atoms with E-state index in [0.29, 0.717) is 0 Å². The Balaban J connectivity index is 1.32. The lowest BCUT2D eigenvalue weighted by Gasteiger charge is -2.35. The SMILES string of the molecule is Cc1ccc(N(c2cc3c4c(c2)Oc2ccccc2B4c2ccccc2O3)c2c(-c3ccccc3)c3ccccc3c3ccccc23)cc1. The van der Waals surface area contributed by atoms with Crippen molar-refractivity contribution in [2.24, 2.45) is 0 Å². The van der Waals surface area contributed by atoms with Crippen LogP contribution in [0.3, 0.4) is 0 Å². The van der Waals surface area contributed by atoms with Gasteiger partial charge in [0.15, 0.2) is 0 Å². The van der Waals surface area contributed by atoms with Gasteiger partial charge in [-0.3, -0.25) is 0 Å². The molecule has 2 heterocycles. The third-order valence-electron chi connectivity index (χ3n) is 10.0. The highest BCUT2D eigenvalue weighted by Gasteiger charge is 2.40. The van der Waals surface area contributed by atoms with Crippen LogP contribution in [0.15, 0.2) is 164 Å². The van der Waals surface area contributed by atoms with Crippen LogP contribution in [0, 0.1) is 6.92 Å². The minimum atomic E-state index is 0.0168. The number of fused-ring (bicyclic) bond motifs is 7. The van der Waals surface area contributed by atoms with Crippen LogP contribution in [-0.2, 0) is 0 Å². The Morgan fingerprint density at radius 2 is 0.959 bits per heavy atom. The maximum absolute atomic E-state index is 6.79. The van der Waals surface area contributed by atoms with Crippen molar-refractivity contribution < 1.29 is 9.47 Å². The van der Waals surface area contributed by atoms with Gasteiger partial charge in [0.05, 0.1) is 11.4 Å². The Labute approximate surface area is 285 Å². The molecule has 0 N–H and O–H groups in total. The predicted molar refractivity (Wildman–Crippen MR) is 204 cm³/mol. The fraction of sp³-hybridized carbons (Fsp3) is 0.0222. The van der Waals surface area contributed by atoms with Crippen LogP contribution in [0.1, 0.15) is 5.56 Å². The number of ether oxygens (including phenoxy) is 2.